The molecule has 0 amide bonds. The molecule has 1 aliphatic rings. The maximum Gasteiger partial charge on any atom is 0.0417 e. The van der Waals surface area contributed by atoms with Gasteiger partial charge in [-0.2, -0.15) is 0 Å². The summed E-state index contributed by atoms with van der Waals surface area (Å²) >= 11 is 0. The van der Waals surface area contributed by atoms with Crippen molar-refractivity contribution < 1.29 is 0 Å². The second kappa shape index (κ2) is 5.61. The number of aryl methyl sites for hydroxylation is 1. The zero-order chi connectivity index (χ0) is 12.3. The lowest BCUT2D eigenvalue weighted by molar-refractivity contribution is 0.0987. The molecular weight excluding hydrogens is 210 g/mol. The van der Waals surface area contributed by atoms with Gasteiger partial charge in [-0.15, -0.1) is 0 Å². The Morgan fingerprint density at radius 3 is 3.06 bits per heavy atom. The monoisotopic (exact) mass is 233 g/mol. The minimum Gasteiger partial charge on any atom is -0.329 e. The standard InChI is InChI=1S/C14H23N3/c1-11-5-4-8-17(14(11)9-15)10-13-6-3-7-16-12(13)2/h3,6-7,11,14H,4-5,8-10,15H2,1-2H3. The van der Waals surface area contributed by atoms with Gasteiger partial charge in [-0.1, -0.05) is 13.0 Å². The van der Waals surface area contributed by atoms with E-state index in [4.69, 9.17) is 5.73 Å². The second-order valence-electron chi connectivity index (χ2n) is 5.14. The summed E-state index contributed by atoms with van der Waals surface area (Å²) < 4.78 is 0. The van der Waals surface area contributed by atoms with Gasteiger partial charge in [-0.25, -0.2) is 0 Å². The molecule has 0 aromatic carbocycles. The van der Waals surface area contributed by atoms with E-state index in [-0.39, 0.29) is 0 Å². The minimum absolute atomic E-state index is 0.531. The van der Waals surface area contributed by atoms with Gasteiger partial charge >= 0.3 is 0 Å². The first-order chi connectivity index (χ1) is 8.22. The van der Waals surface area contributed by atoms with Gasteiger partial charge in [-0.3, -0.25) is 9.88 Å². The van der Waals surface area contributed by atoms with Crippen LogP contribution in [-0.4, -0.2) is 29.0 Å². The largest absolute Gasteiger partial charge is 0.329 e. The van der Waals surface area contributed by atoms with Crippen molar-refractivity contribution in [3.63, 3.8) is 0 Å². The van der Waals surface area contributed by atoms with Gasteiger partial charge in [0.1, 0.15) is 0 Å². The average molecular weight is 233 g/mol. The SMILES string of the molecule is Cc1ncccc1CN1CCCC(C)C1CN. The Hall–Kier alpha value is -0.930. The lowest BCUT2D eigenvalue weighted by atomic mass is 9.90. The van der Waals surface area contributed by atoms with Crippen molar-refractivity contribution in [1.29, 1.82) is 0 Å². The fraction of sp³-hybridized carbons (Fsp3) is 0.643. The molecule has 2 N–H and O–H groups in total. The average Bonchev–Trinajstić information content (AvgIpc) is 2.32. The van der Waals surface area contributed by atoms with E-state index in [0.29, 0.717) is 12.0 Å². The van der Waals surface area contributed by atoms with E-state index in [1.165, 1.54) is 24.9 Å². The fourth-order valence-electron chi connectivity index (χ4n) is 2.82. The van der Waals surface area contributed by atoms with Crippen molar-refractivity contribution in [3.05, 3.63) is 29.6 Å². The number of aromatic nitrogens is 1. The first kappa shape index (κ1) is 12.5. The van der Waals surface area contributed by atoms with Gasteiger partial charge < -0.3 is 5.73 Å². The first-order valence-electron chi connectivity index (χ1n) is 6.57. The van der Waals surface area contributed by atoms with Crippen LogP contribution in [0.15, 0.2) is 18.3 Å². The van der Waals surface area contributed by atoms with Gasteiger partial charge in [0.25, 0.3) is 0 Å². The van der Waals surface area contributed by atoms with Crippen molar-refractivity contribution >= 4 is 0 Å². The molecule has 2 heterocycles. The quantitative estimate of drug-likeness (QED) is 0.867. The number of likely N-dealkylation sites (tertiary alicyclic amines) is 1. The molecule has 1 fully saturated rings. The number of rotatable bonds is 3. The lowest BCUT2D eigenvalue weighted by Crippen LogP contribution is -2.48. The molecule has 2 rings (SSSR count). The molecule has 3 nitrogen and oxygen atoms in total. The van der Waals surface area contributed by atoms with Crippen molar-refractivity contribution in [2.45, 2.75) is 39.3 Å². The molecule has 1 aromatic heterocycles. The first-order valence-corrected chi connectivity index (χ1v) is 6.57. The van der Waals surface area contributed by atoms with E-state index in [1.807, 2.05) is 12.3 Å². The molecular formula is C14H23N3. The van der Waals surface area contributed by atoms with E-state index < -0.39 is 0 Å². The molecule has 0 aliphatic carbocycles. The van der Waals surface area contributed by atoms with E-state index >= 15 is 0 Å². The normalized spacial score (nSPS) is 26.1. The van der Waals surface area contributed by atoms with E-state index in [0.717, 1.165) is 18.8 Å². The molecule has 17 heavy (non-hydrogen) atoms. The molecule has 1 saturated heterocycles. The summed E-state index contributed by atoms with van der Waals surface area (Å²) in [6, 6.07) is 4.73. The van der Waals surface area contributed by atoms with Crippen LogP contribution >= 0.6 is 0 Å². The molecule has 94 valence electrons. The summed E-state index contributed by atoms with van der Waals surface area (Å²) in [5.74, 6) is 0.714. The molecule has 3 heteroatoms. The number of pyridine rings is 1. The van der Waals surface area contributed by atoms with Crippen LogP contribution in [0.25, 0.3) is 0 Å². The minimum atomic E-state index is 0.531. The molecule has 0 saturated carbocycles. The van der Waals surface area contributed by atoms with Gasteiger partial charge in [0.2, 0.25) is 0 Å². The highest BCUT2D eigenvalue weighted by molar-refractivity contribution is 5.18. The number of nitrogens with two attached hydrogens (primary N) is 1. The molecule has 2 atom stereocenters. The topological polar surface area (TPSA) is 42.2 Å². The van der Waals surface area contributed by atoms with Crippen LogP contribution in [0.4, 0.5) is 0 Å². The van der Waals surface area contributed by atoms with Gasteiger partial charge in [0.15, 0.2) is 0 Å². The number of nitrogens with zero attached hydrogens (tertiary/aromatic N) is 2. The van der Waals surface area contributed by atoms with Crippen LogP contribution in [0.3, 0.4) is 0 Å². The fourth-order valence-corrected chi connectivity index (χ4v) is 2.82. The molecule has 2 unspecified atom stereocenters. The van der Waals surface area contributed by atoms with Crippen LogP contribution in [-0.2, 0) is 6.54 Å². The second-order valence-corrected chi connectivity index (χ2v) is 5.14. The Balaban J connectivity index is 2.09. The summed E-state index contributed by atoms with van der Waals surface area (Å²) in [4.78, 5) is 6.88. The highest BCUT2D eigenvalue weighted by Crippen LogP contribution is 2.24. The predicted octanol–water partition coefficient (Wildman–Crippen LogP) is 1.95. The summed E-state index contributed by atoms with van der Waals surface area (Å²) in [7, 11) is 0. The molecule has 0 bridgehead atoms. The smallest absolute Gasteiger partial charge is 0.0417 e. The highest BCUT2D eigenvalue weighted by atomic mass is 15.2. The zero-order valence-electron chi connectivity index (χ0n) is 10.9. The summed E-state index contributed by atoms with van der Waals surface area (Å²) in [5, 5.41) is 0. The van der Waals surface area contributed by atoms with E-state index in [1.54, 1.807) is 0 Å². The van der Waals surface area contributed by atoms with Gasteiger partial charge in [0, 0.05) is 31.0 Å². The van der Waals surface area contributed by atoms with Crippen molar-refractivity contribution in [2.24, 2.45) is 11.7 Å². The van der Waals surface area contributed by atoms with E-state index in [2.05, 4.69) is 29.8 Å². The van der Waals surface area contributed by atoms with Crippen molar-refractivity contribution in [2.75, 3.05) is 13.1 Å². The van der Waals surface area contributed by atoms with Crippen LogP contribution < -0.4 is 5.73 Å². The third-order valence-electron chi connectivity index (χ3n) is 3.96. The Morgan fingerprint density at radius 2 is 2.35 bits per heavy atom. The lowest BCUT2D eigenvalue weighted by Gasteiger charge is -2.39. The predicted molar refractivity (Wildman–Crippen MR) is 70.6 cm³/mol. The van der Waals surface area contributed by atoms with Crippen LogP contribution in [0, 0.1) is 12.8 Å². The Kier molecular flexibility index (Phi) is 4.13. The van der Waals surface area contributed by atoms with Crippen LogP contribution in [0.1, 0.15) is 31.0 Å². The van der Waals surface area contributed by atoms with Crippen LogP contribution in [0.2, 0.25) is 0 Å². The number of hydrogen-bond acceptors (Lipinski definition) is 3. The third-order valence-corrected chi connectivity index (χ3v) is 3.96. The zero-order valence-corrected chi connectivity index (χ0v) is 10.9. The van der Waals surface area contributed by atoms with Crippen molar-refractivity contribution in [1.82, 2.24) is 9.88 Å². The number of piperidine rings is 1. The molecule has 0 radical (unpaired) electrons. The van der Waals surface area contributed by atoms with E-state index in [9.17, 15) is 0 Å². The molecule has 1 aliphatic heterocycles. The van der Waals surface area contributed by atoms with Crippen LogP contribution in [0.5, 0.6) is 0 Å². The Morgan fingerprint density at radius 1 is 1.53 bits per heavy atom. The maximum atomic E-state index is 5.92. The summed E-state index contributed by atoms with van der Waals surface area (Å²) in [6.45, 7) is 7.33. The molecule has 1 aromatic rings. The van der Waals surface area contributed by atoms with Gasteiger partial charge in [-0.05, 0) is 43.9 Å². The number of hydrogen-bond donors (Lipinski definition) is 1. The highest BCUT2D eigenvalue weighted by Gasteiger charge is 2.27. The summed E-state index contributed by atoms with van der Waals surface area (Å²) in [6.07, 6.45) is 4.46. The molecule has 0 spiro atoms. The van der Waals surface area contributed by atoms with Crippen molar-refractivity contribution in [3.8, 4) is 0 Å². The maximum absolute atomic E-state index is 5.92. The summed E-state index contributed by atoms with van der Waals surface area (Å²) in [5.41, 5.74) is 8.39. The van der Waals surface area contributed by atoms with Gasteiger partial charge in [0.05, 0.1) is 0 Å². The third kappa shape index (κ3) is 2.85. The Bertz CT molecular complexity index is 364. The Labute approximate surface area is 104 Å².